The van der Waals surface area contributed by atoms with Crippen molar-refractivity contribution in [1.82, 2.24) is 20.4 Å². The van der Waals surface area contributed by atoms with Gasteiger partial charge in [0.15, 0.2) is 5.96 Å². The predicted octanol–water partition coefficient (Wildman–Crippen LogP) is 2.56. The largest absolute Gasteiger partial charge is 0.376 e. The summed E-state index contributed by atoms with van der Waals surface area (Å²) in [5.41, 5.74) is 2.33. The lowest BCUT2D eigenvalue weighted by Gasteiger charge is -2.16. The summed E-state index contributed by atoms with van der Waals surface area (Å²) in [5, 5.41) is 10.8. The Labute approximate surface area is 167 Å². The molecule has 1 heterocycles. The number of hydrogen-bond donors (Lipinski definition) is 2. The fraction of sp³-hybridized carbons (Fsp3) is 0.444. The molecule has 2 rings (SSSR count). The maximum Gasteiger partial charge on any atom is 0.191 e. The summed E-state index contributed by atoms with van der Waals surface area (Å²) in [5.74, 6) is 1.18. The van der Waals surface area contributed by atoms with Crippen LogP contribution in [0.15, 0.2) is 47.7 Å². The summed E-state index contributed by atoms with van der Waals surface area (Å²) in [6.07, 6.45) is 3.83. The van der Waals surface area contributed by atoms with E-state index in [0.717, 1.165) is 18.1 Å². The predicted molar refractivity (Wildman–Crippen MR) is 112 cm³/mol. The molecule has 0 bridgehead atoms. The summed E-state index contributed by atoms with van der Waals surface area (Å²) in [7, 11) is 3.68. The molecule has 0 aliphatic heterocycles. The van der Waals surface area contributed by atoms with Crippen LogP contribution in [-0.2, 0) is 24.9 Å². The molecular formula is C18H28IN5O. The minimum atomic E-state index is 0. The Balaban J connectivity index is 0.00000312. The van der Waals surface area contributed by atoms with Gasteiger partial charge >= 0.3 is 0 Å². The first-order chi connectivity index (χ1) is 11.7. The summed E-state index contributed by atoms with van der Waals surface area (Å²) in [6.45, 7) is 5.03. The van der Waals surface area contributed by atoms with Gasteiger partial charge in [-0.05, 0) is 11.5 Å². The topological polar surface area (TPSA) is 63.5 Å². The van der Waals surface area contributed by atoms with Crippen LogP contribution in [0.2, 0.25) is 0 Å². The molecular weight excluding hydrogens is 429 g/mol. The van der Waals surface area contributed by atoms with Crippen LogP contribution < -0.4 is 10.6 Å². The zero-order chi connectivity index (χ0) is 17.2. The Kier molecular flexibility index (Phi) is 10.2. The first-order valence-corrected chi connectivity index (χ1v) is 8.21. The highest BCUT2D eigenvalue weighted by molar-refractivity contribution is 14.0. The van der Waals surface area contributed by atoms with Crippen LogP contribution in [0.25, 0.3) is 0 Å². The van der Waals surface area contributed by atoms with E-state index in [1.807, 2.05) is 37.6 Å². The number of aromatic nitrogens is 2. The highest BCUT2D eigenvalue weighted by Gasteiger charge is 2.05. The summed E-state index contributed by atoms with van der Waals surface area (Å²) in [4.78, 5) is 4.24. The van der Waals surface area contributed by atoms with E-state index in [4.69, 9.17) is 4.74 Å². The smallest absolute Gasteiger partial charge is 0.191 e. The number of aliphatic imine (C=N–C) groups is 1. The Morgan fingerprint density at radius 3 is 2.64 bits per heavy atom. The maximum absolute atomic E-state index is 5.77. The second kappa shape index (κ2) is 11.9. The van der Waals surface area contributed by atoms with E-state index >= 15 is 0 Å². The summed E-state index contributed by atoms with van der Waals surface area (Å²) < 4.78 is 7.56. The van der Waals surface area contributed by atoms with Crippen molar-refractivity contribution in [2.75, 3.05) is 20.2 Å². The zero-order valence-corrected chi connectivity index (χ0v) is 17.4. The van der Waals surface area contributed by atoms with Gasteiger partial charge in [-0.25, -0.2) is 0 Å². The van der Waals surface area contributed by atoms with E-state index in [-0.39, 0.29) is 24.0 Å². The van der Waals surface area contributed by atoms with Crippen LogP contribution in [0.1, 0.15) is 18.1 Å². The van der Waals surface area contributed by atoms with Crippen LogP contribution in [0.3, 0.4) is 0 Å². The third-order valence-electron chi connectivity index (χ3n) is 3.57. The van der Waals surface area contributed by atoms with Crippen molar-refractivity contribution < 1.29 is 4.74 Å². The maximum atomic E-state index is 5.77. The molecule has 138 valence electrons. The van der Waals surface area contributed by atoms with Crippen LogP contribution in [-0.4, -0.2) is 35.9 Å². The number of halogens is 1. The van der Waals surface area contributed by atoms with E-state index in [0.29, 0.717) is 25.7 Å². The molecule has 0 aliphatic rings. The molecule has 1 unspecified atom stereocenters. The van der Waals surface area contributed by atoms with Crippen molar-refractivity contribution >= 4 is 29.9 Å². The molecule has 7 heteroatoms. The van der Waals surface area contributed by atoms with Gasteiger partial charge in [0.25, 0.3) is 0 Å². The van der Waals surface area contributed by atoms with Crippen LogP contribution in [0.5, 0.6) is 0 Å². The Morgan fingerprint density at radius 1 is 1.24 bits per heavy atom. The normalized spacial score (nSPS) is 12.4. The van der Waals surface area contributed by atoms with E-state index in [1.165, 1.54) is 5.56 Å². The van der Waals surface area contributed by atoms with Gasteiger partial charge in [0, 0.05) is 38.9 Å². The van der Waals surface area contributed by atoms with Crippen LogP contribution in [0.4, 0.5) is 0 Å². The lowest BCUT2D eigenvalue weighted by Crippen LogP contribution is -2.39. The minimum absolute atomic E-state index is 0. The highest BCUT2D eigenvalue weighted by atomic mass is 127. The lowest BCUT2D eigenvalue weighted by atomic mass is 10.2. The molecule has 2 aromatic rings. The van der Waals surface area contributed by atoms with Crippen molar-refractivity contribution in [1.29, 1.82) is 0 Å². The lowest BCUT2D eigenvalue weighted by molar-refractivity contribution is 0.0931. The molecule has 0 aliphatic carbocycles. The Hall–Kier alpha value is -1.61. The van der Waals surface area contributed by atoms with E-state index in [9.17, 15) is 0 Å². The quantitative estimate of drug-likeness (QED) is 0.364. The molecule has 0 amide bonds. The van der Waals surface area contributed by atoms with Gasteiger partial charge in [0.2, 0.25) is 0 Å². The molecule has 2 N–H and O–H groups in total. The average molecular weight is 457 g/mol. The number of nitrogens with zero attached hydrogens (tertiary/aromatic N) is 3. The van der Waals surface area contributed by atoms with Crippen LogP contribution in [0, 0.1) is 5.92 Å². The van der Waals surface area contributed by atoms with Gasteiger partial charge in [-0.2, -0.15) is 5.10 Å². The monoisotopic (exact) mass is 457 g/mol. The first-order valence-electron chi connectivity index (χ1n) is 8.21. The first kappa shape index (κ1) is 21.4. The van der Waals surface area contributed by atoms with Crippen molar-refractivity contribution in [3.05, 3.63) is 53.9 Å². The number of nitrogens with one attached hydrogen (secondary N) is 2. The second-order valence-electron chi connectivity index (χ2n) is 5.93. The molecule has 6 nitrogen and oxygen atoms in total. The minimum Gasteiger partial charge on any atom is -0.376 e. The standard InChI is InChI=1S/C18H27N5O.HI/c1-15(13-24-14-16-7-5-4-6-8-16)9-20-18(19-2)21-10-17-11-22-23(3)12-17;/h4-8,11-12,15H,9-10,13-14H2,1-3H3,(H2,19,20,21);1H. The number of hydrogen-bond acceptors (Lipinski definition) is 3. The summed E-state index contributed by atoms with van der Waals surface area (Å²) >= 11 is 0. The van der Waals surface area contributed by atoms with Gasteiger partial charge in [-0.15, -0.1) is 24.0 Å². The molecule has 25 heavy (non-hydrogen) atoms. The van der Waals surface area contributed by atoms with Crippen molar-refractivity contribution in [2.45, 2.75) is 20.1 Å². The molecule has 1 aromatic heterocycles. The van der Waals surface area contributed by atoms with Crippen molar-refractivity contribution in [3.63, 3.8) is 0 Å². The summed E-state index contributed by atoms with van der Waals surface area (Å²) in [6, 6.07) is 10.2. The Morgan fingerprint density at radius 2 is 2.00 bits per heavy atom. The third kappa shape index (κ3) is 8.35. The fourth-order valence-corrected chi connectivity index (χ4v) is 2.25. The highest BCUT2D eigenvalue weighted by Crippen LogP contribution is 2.03. The molecule has 1 atom stereocenters. The molecule has 1 aromatic carbocycles. The van der Waals surface area contributed by atoms with Crippen LogP contribution >= 0.6 is 24.0 Å². The molecule has 0 fully saturated rings. The van der Waals surface area contributed by atoms with Crippen molar-refractivity contribution in [3.8, 4) is 0 Å². The SMILES string of the molecule is CN=C(NCc1cnn(C)c1)NCC(C)COCc1ccccc1.I. The molecule has 0 radical (unpaired) electrons. The number of benzene rings is 1. The number of aryl methyl sites for hydroxylation is 1. The number of rotatable bonds is 8. The molecule has 0 saturated heterocycles. The van der Waals surface area contributed by atoms with E-state index in [2.05, 4.69) is 39.8 Å². The average Bonchev–Trinajstić information content (AvgIpc) is 3.01. The molecule has 0 spiro atoms. The van der Waals surface area contributed by atoms with E-state index < -0.39 is 0 Å². The van der Waals surface area contributed by atoms with E-state index in [1.54, 1.807) is 11.7 Å². The third-order valence-corrected chi connectivity index (χ3v) is 3.57. The molecule has 0 saturated carbocycles. The van der Waals surface area contributed by atoms with Gasteiger partial charge in [0.1, 0.15) is 0 Å². The van der Waals surface area contributed by atoms with Gasteiger partial charge < -0.3 is 15.4 Å². The number of ether oxygens (including phenoxy) is 1. The van der Waals surface area contributed by atoms with Gasteiger partial charge in [-0.1, -0.05) is 37.3 Å². The van der Waals surface area contributed by atoms with Crippen molar-refractivity contribution in [2.24, 2.45) is 18.0 Å². The Bertz CT molecular complexity index is 629. The van der Waals surface area contributed by atoms with Gasteiger partial charge in [0.05, 0.1) is 19.4 Å². The zero-order valence-electron chi connectivity index (χ0n) is 15.1. The fourth-order valence-electron chi connectivity index (χ4n) is 2.25. The second-order valence-corrected chi connectivity index (χ2v) is 5.93. The van der Waals surface area contributed by atoms with Gasteiger partial charge in [-0.3, -0.25) is 9.67 Å². The number of guanidine groups is 1.